The quantitative estimate of drug-likeness (QED) is 0.913. The molecule has 1 aromatic carbocycles. The minimum absolute atomic E-state index is 0.453. The Balaban J connectivity index is 1.87. The van der Waals surface area contributed by atoms with Crippen molar-refractivity contribution in [2.75, 3.05) is 26.2 Å². The second-order valence-electron chi connectivity index (χ2n) is 6.70. The van der Waals surface area contributed by atoms with Gasteiger partial charge < -0.3 is 5.32 Å². The lowest BCUT2D eigenvalue weighted by atomic mass is 9.98. The van der Waals surface area contributed by atoms with Gasteiger partial charge in [-0.1, -0.05) is 38.1 Å². The predicted octanol–water partition coefficient (Wildman–Crippen LogP) is 3.62. The molecule has 0 spiro atoms. The van der Waals surface area contributed by atoms with Gasteiger partial charge in [-0.3, -0.25) is 9.88 Å². The molecule has 2 heterocycles. The van der Waals surface area contributed by atoms with E-state index >= 15 is 0 Å². The van der Waals surface area contributed by atoms with Crippen LogP contribution in [-0.2, 0) is 0 Å². The first-order valence-electron chi connectivity index (χ1n) is 8.54. The van der Waals surface area contributed by atoms with Crippen molar-refractivity contribution in [3.63, 3.8) is 0 Å². The van der Waals surface area contributed by atoms with E-state index in [4.69, 9.17) is 4.98 Å². The first-order chi connectivity index (χ1) is 10.7. The molecule has 1 aliphatic rings. The Morgan fingerprint density at radius 3 is 2.59 bits per heavy atom. The van der Waals surface area contributed by atoms with E-state index in [1.54, 1.807) is 0 Å². The molecule has 2 aromatic rings. The number of hydrogen-bond acceptors (Lipinski definition) is 3. The SMILES string of the molecule is CC(C)CC[C@H](c1ccc2ccccc2n1)N1CCNCC1. The van der Waals surface area contributed by atoms with E-state index in [1.807, 2.05) is 0 Å². The van der Waals surface area contributed by atoms with Crippen LogP contribution in [0.4, 0.5) is 0 Å². The third kappa shape index (κ3) is 3.65. The topological polar surface area (TPSA) is 28.2 Å². The molecule has 0 aliphatic carbocycles. The van der Waals surface area contributed by atoms with E-state index < -0.39 is 0 Å². The van der Waals surface area contributed by atoms with Crippen LogP contribution in [0.3, 0.4) is 0 Å². The Labute approximate surface area is 133 Å². The van der Waals surface area contributed by atoms with Crippen molar-refractivity contribution in [2.45, 2.75) is 32.7 Å². The summed E-state index contributed by atoms with van der Waals surface area (Å²) in [6, 6.07) is 13.3. The molecule has 3 nitrogen and oxygen atoms in total. The van der Waals surface area contributed by atoms with Crippen LogP contribution in [0.25, 0.3) is 10.9 Å². The van der Waals surface area contributed by atoms with Crippen molar-refractivity contribution in [1.82, 2.24) is 15.2 Å². The van der Waals surface area contributed by atoms with Crippen LogP contribution in [0.1, 0.15) is 38.4 Å². The lowest BCUT2D eigenvalue weighted by molar-refractivity contribution is 0.157. The van der Waals surface area contributed by atoms with Crippen molar-refractivity contribution in [3.8, 4) is 0 Å². The number of para-hydroxylation sites is 1. The summed E-state index contributed by atoms with van der Waals surface area (Å²) in [6.45, 7) is 9.04. The fourth-order valence-electron chi connectivity index (χ4n) is 3.27. The molecule has 0 saturated carbocycles. The molecule has 0 amide bonds. The number of rotatable bonds is 5. The Kier molecular flexibility index (Phi) is 5.06. The first-order valence-corrected chi connectivity index (χ1v) is 8.54. The summed E-state index contributed by atoms with van der Waals surface area (Å²) in [5.74, 6) is 0.742. The summed E-state index contributed by atoms with van der Waals surface area (Å²) < 4.78 is 0. The highest BCUT2D eigenvalue weighted by Crippen LogP contribution is 2.28. The molecule has 1 N–H and O–H groups in total. The summed E-state index contributed by atoms with van der Waals surface area (Å²) in [6.07, 6.45) is 2.45. The van der Waals surface area contributed by atoms with Crippen molar-refractivity contribution in [2.24, 2.45) is 5.92 Å². The normalized spacial score (nSPS) is 18.0. The monoisotopic (exact) mass is 297 g/mol. The van der Waals surface area contributed by atoms with E-state index in [-0.39, 0.29) is 0 Å². The van der Waals surface area contributed by atoms with Crippen LogP contribution in [0.5, 0.6) is 0 Å². The van der Waals surface area contributed by atoms with Crippen LogP contribution in [0, 0.1) is 5.92 Å². The van der Waals surface area contributed by atoms with Gasteiger partial charge in [0.15, 0.2) is 0 Å². The summed E-state index contributed by atoms with van der Waals surface area (Å²) in [5.41, 5.74) is 2.35. The molecule has 1 atom stereocenters. The Morgan fingerprint density at radius 2 is 1.82 bits per heavy atom. The van der Waals surface area contributed by atoms with Gasteiger partial charge in [-0.2, -0.15) is 0 Å². The van der Waals surface area contributed by atoms with Crippen molar-refractivity contribution >= 4 is 10.9 Å². The van der Waals surface area contributed by atoms with Crippen LogP contribution < -0.4 is 5.32 Å². The van der Waals surface area contributed by atoms with Crippen LogP contribution in [-0.4, -0.2) is 36.1 Å². The molecule has 1 saturated heterocycles. The molecule has 1 fully saturated rings. The Morgan fingerprint density at radius 1 is 1.05 bits per heavy atom. The molecule has 22 heavy (non-hydrogen) atoms. The van der Waals surface area contributed by atoms with Crippen molar-refractivity contribution in [3.05, 3.63) is 42.1 Å². The number of benzene rings is 1. The highest BCUT2D eigenvalue weighted by atomic mass is 15.2. The average Bonchev–Trinajstić information content (AvgIpc) is 2.55. The highest BCUT2D eigenvalue weighted by molar-refractivity contribution is 5.78. The second-order valence-corrected chi connectivity index (χ2v) is 6.70. The largest absolute Gasteiger partial charge is 0.314 e. The molecule has 1 aliphatic heterocycles. The van der Waals surface area contributed by atoms with Crippen LogP contribution >= 0.6 is 0 Å². The molecule has 118 valence electrons. The maximum atomic E-state index is 4.97. The first kappa shape index (κ1) is 15.4. The lowest BCUT2D eigenvalue weighted by Crippen LogP contribution is -2.45. The fraction of sp³-hybridized carbons (Fsp3) is 0.526. The smallest absolute Gasteiger partial charge is 0.0706 e. The van der Waals surface area contributed by atoms with E-state index in [9.17, 15) is 0 Å². The van der Waals surface area contributed by atoms with Gasteiger partial charge in [0.25, 0.3) is 0 Å². The summed E-state index contributed by atoms with van der Waals surface area (Å²) in [5, 5.41) is 4.68. The molecule has 0 unspecified atom stereocenters. The lowest BCUT2D eigenvalue weighted by Gasteiger charge is -2.35. The maximum Gasteiger partial charge on any atom is 0.0706 e. The number of nitrogens with zero attached hydrogens (tertiary/aromatic N) is 2. The van der Waals surface area contributed by atoms with E-state index in [1.165, 1.54) is 23.9 Å². The number of aromatic nitrogens is 1. The zero-order valence-corrected chi connectivity index (χ0v) is 13.8. The summed E-state index contributed by atoms with van der Waals surface area (Å²) in [4.78, 5) is 7.57. The zero-order chi connectivity index (χ0) is 15.4. The number of hydrogen-bond donors (Lipinski definition) is 1. The average molecular weight is 297 g/mol. The minimum Gasteiger partial charge on any atom is -0.314 e. The van der Waals surface area contributed by atoms with Crippen LogP contribution in [0.15, 0.2) is 36.4 Å². The fourth-order valence-corrected chi connectivity index (χ4v) is 3.27. The third-order valence-electron chi connectivity index (χ3n) is 4.57. The molecular weight excluding hydrogens is 270 g/mol. The zero-order valence-electron chi connectivity index (χ0n) is 13.8. The van der Waals surface area contributed by atoms with Crippen molar-refractivity contribution < 1.29 is 0 Å². The van der Waals surface area contributed by atoms with Gasteiger partial charge in [-0.15, -0.1) is 0 Å². The minimum atomic E-state index is 0.453. The number of piperazine rings is 1. The molecule has 3 heteroatoms. The summed E-state index contributed by atoms with van der Waals surface area (Å²) in [7, 11) is 0. The van der Waals surface area contributed by atoms with E-state index in [0.717, 1.165) is 37.6 Å². The van der Waals surface area contributed by atoms with Gasteiger partial charge in [0.05, 0.1) is 17.3 Å². The summed E-state index contributed by atoms with van der Waals surface area (Å²) >= 11 is 0. The van der Waals surface area contributed by atoms with Gasteiger partial charge in [0, 0.05) is 31.6 Å². The maximum absolute atomic E-state index is 4.97. The second kappa shape index (κ2) is 7.21. The van der Waals surface area contributed by atoms with Gasteiger partial charge in [0.1, 0.15) is 0 Å². The van der Waals surface area contributed by atoms with Gasteiger partial charge in [-0.05, 0) is 30.9 Å². The molecule has 3 rings (SSSR count). The van der Waals surface area contributed by atoms with Gasteiger partial charge in [0.2, 0.25) is 0 Å². The number of pyridine rings is 1. The van der Waals surface area contributed by atoms with Crippen LogP contribution in [0.2, 0.25) is 0 Å². The number of fused-ring (bicyclic) bond motifs is 1. The molecule has 0 radical (unpaired) electrons. The van der Waals surface area contributed by atoms with E-state index in [2.05, 4.69) is 60.5 Å². The Bertz CT molecular complexity index is 602. The molecule has 1 aromatic heterocycles. The highest BCUT2D eigenvalue weighted by Gasteiger charge is 2.23. The molecule has 0 bridgehead atoms. The predicted molar refractivity (Wildman–Crippen MR) is 93.0 cm³/mol. The van der Waals surface area contributed by atoms with Gasteiger partial charge >= 0.3 is 0 Å². The van der Waals surface area contributed by atoms with E-state index in [0.29, 0.717) is 6.04 Å². The van der Waals surface area contributed by atoms with Gasteiger partial charge in [-0.25, -0.2) is 0 Å². The third-order valence-corrected chi connectivity index (χ3v) is 4.57. The molecular formula is C19H27N3. The number of nitrogens with one attached hydrogen (secondary N) is 1. The Hall–Kier alpha value is -1.45. The van der Waals surface area contributed by atoms with Crippen molar-refractivity contribution in [1.29, 1.82) is 0 Å². The standard InChI is InChI=1S/C19H27N3/c1-15(2)7-10-19(22-13-11-20-12-14-22)18-9-8-16-5-3-4-6-17(16)21-18/h3-6,8-9,15,19-20H,7,10-14H2,1-2H3/t19-/m1/s1.